The van der Waals surface area contributed by atoms with E-state index in [-0.39, 0.29) is 6.10 Å². The van der Waals surface area contributed by atoms with Crippen LogP contribution < -0.4 is 0 Å². The Morgan fingerprint density at radius 1 is 0.909 bits per heavy atom. The minimum absolute atomic E-state index is 0.249. The van der Waals surface area contributed by atoms with Crippen LogP contribution in [0.2, 0.25) is 0 Å². The van der Waals surface area contributed by atoms with Gasteiger partial charge in [0.1, 0.15) is 0 Å². The van der Waals surface area contributed by atoms with Crippen molar-refractivity contribution in [2.24, 2.45) is 0 Å². The van der Waals surface area contributed by atoms with Crippen LogP contribution in [0.4, 0.5) is 0 Å². The van der Waals surface area contributed by atoms with E-state index in [0.29, 0.717) is 32.8 Å². The first kappa shape index (κ1) is 18.1. The van der Waals surface area contributed by atoms with E-state index in [1.807, 2.05) is 20.9 Å². The summed E-state index contributed by atoms with van der Waals surface area (Å²) in [6.07, 6.45) is 0.249. The minimum Gasteiger partial charge on any atom is -0.377 e. The quantitative estimate of drug-likeness (QED) is 0.657. The lowest BCUT2D eigenvalue weighted by atomic mass is 10.3. The molecule has 130 valence electrons. The highest BCUT2D eigenvalue weighted by atomic mass is 32.2. The molecule has 0 atom stereocenters. The molecule has 0 spiro atoms. The number of hydrogen-bond acceptors (Lipinski definition) is 5. The van der Waals surface area contributed by atoms with Crippen molar-refractivity contribution in [2.45, 2.75) is 20.0 Å². The summed E-state index contributed by atoms with van der Waals surface area (Å²) in [5.74, 6) is 0. The summed E-state index contributed by atoms with van der Waals surface area (Å²) in [6, 6.07) is 0. The van der Waals surface area contributed by atoms with Gasteiger partial charge in [-0.15, -0.1) is 0 Å². The van der Waals surface area contributed by atoms with Gasteiger partial charge in [-0.2, -0.15) is 17.0 Å². The van der Waals surface area contributed by atoms with Gasteiger partial charge in [0, 0.05) is 58.9 Å². The van der Waals surface area contributed by atoms with Gasteiger partial charge >= 0.3 is 0 Å². The fourth-order valence-corrected chi connectivity index (χ4v) is 4.36. The van der Waals surface area contributed by atoms with E-state index < -0.39 is 10.2 Å². The Morgan fingerprint density at radius 2 is 1.41 bits per heavy atom. The third-order valence-electron chi connectivity index (χ3n) is 4.30. The average Bonchev–Trinajstić information content (AvgIpc) is 2.48. The monoisotopic (exact) mass is 334 g/mol. The Labute approximate surface area is 135 Å². The molecule has 0 unspecified atom stereocenters. The lowest BCUT2D eigenvalue weighted by molar-refractivity contribution is 0.0515. The van der Waals surface area contributed by atoms with Crippen LogP contribution in [0.1, 0.15) is 13.8 Å². The molecule has 0 aromatic rings. The predicted octanol–water partition coefficient (Wildman–Crippen LogP) is -0.479. The number of hydrogen-bond donors (Lipinski definition) is 0. The second kappa shape index (κ2) is 8.03. The number of rotatable bonds is 6. The highest BCUT2D eigenvalue weighted by Crippen LogP contribution is 2.14. The molecule has 2 saturated heterocycles. The van der Waals surface area contributed by atoms with E-state index in [1.54, 1.807) is 8.61 Å². The van der Waals surface area contributed by atoms with Crippen molar-refractivity contribution in [1.82, 2.24) is 18.4 Å². The van der Waals surface area contributed by atoms with Crippen LogP contribution in [0, 0.1) is 0 Å². The number of ether oxygens (including phenoxy) is 1. The molecule has 2 heterocycles. The van der Waals surface area contributed by atoms with Crippen LogP contribution >= 0.6 is 0 Å². The van der Waals surface area contributed by atoms with Crippen molar-refractivity contribution in [3.05, 3.63) is 0 Å². The van der Waals surface area contributed by atoms with Crippen molar-refractivity contribution >= 4 is 10.2 Å². The Balaban J connectivity index is 1.78. The zero-order valence-electron chi connectivity index (χ0n) is 14.1. The Kier molecular flexibility index (Phi) is 6.60. The Bertz CT molecular complexity index is 427. The normalized spacial score (nSPS) is 24.2. The van der Waals surface area contributed by atoms with Gasteiger partial charge in [-0.3, -0.25) is 4.90 Å². The summed E-state index contributed by atoms with van der Waals surface area (Å²) in [7, 11) is -1.25. The topological polar surface area (TPSA) is 56.3 Å². The second-order valence-electron chi connectivity index (χ2n) is 6.37. The first-order valence-corrected chi connectivity index (χ1v) is 9.57. The second-order valence-corrected chi connectivity index (χ2v) is 8.30. The highest BCUT2D eigenvalue weighted by molar-refractivity contribution is 7.86. The molecule has 0 radical (unpaired) electrons. The molecule has 2 fully saturated rings. The molecule has 0 aromatic carbocycles. The summed E-state index contributed by atoms with van der Waals surface area (Å²) in [6.45, 7) is 11.2. The lowest BCUT2D eigenvalue weighted by Gasteiger charge is -2.39. The largest absolute Gasteiger partial charge is 0.377 e. The molecular weight excluding hydrogens is 304 g/mol. The predicted molar refractivity (Wildman–Crippen MR) is 87.1 cm³/mol. The van der Waals surface area contributed by atoms with E-state index in [9.17, 15) is 8.42 Å². The summed E-state index contributed by atoms with van der Waals surface area (Å²) in [4.78, 5) is 4.44. The van der Waals surface area contributed by atoms with E-state index in [2.05, 4.69) is 9.80 Å². The summed E-state index contributed by atoms with van der Waals surface area (Å²) < 4.78 is 34.1. The van der Waals surface area contributed by atoms with Crippen LogP contribution in [-0.2, 0) is 14.9 Å². The van der Waals surface area contributed by atoms with Crippen molar-refractivity contribution in [2.75, 3.05) is 72.6 Å². The molecule has 7 nitrogen and oxygen atoms in total. The van der Waals surface area contributed by atoms with Crippen LogP contribution in [-0.4, -0.2) is 105 Å². The molecule has 0 amide bonds. The molecule has 22 heavy (non-hydrogen) atoms. The minimum atomic E-state index is -3.28. The van der Waals surface area contributed by atoms with Crippen molar-refractivity contribution in [3.8, 4) is 0 Å². The molecule has 0 aliphatic carbocycles. The molecular formula is C14H30N4O3S. The van der Waals surface area contributed by atoms with Crippen LogP contribution in [0.15, 0.2) is 0 Å². The molecule has 0 bridgehead atoms. The van der Waals surface area contributed by atoms with E-state index in [4.69, 9.17) is 4.74 Å². The smallest absolute Gasteiger partial charge is 0.282 e. The lowest BCUT2D eigenvalue weighted by Crippen LogP contribution is -2.56. The molecule has 0 aromatic heterocycles. The Morgan fingerprint density at radius 3 is 1.91 bits per heavy atom. The van der Waals surface area contributed by atoms with Gasteiger partial charge in [-0.05, 0) is 20.9 Å². The van der Waals surface area contributed by atoms with Crippen LogP contribution in [0.5, 0.6) is 0 Å². The van der Waals surface area contributed by atoms with E-state index >= 15 is 0 Å². The van der Waals surface area contributed by atoms with Gasteiger partial charge in [0.25, 0.3) is 10.2 Å². The standard InChI is InChI=1S/C14H30N4O3S/c1-14(2)21-13-12-16-6-10-18(11-7-16)22(19,20)17-8-4-15(3)5-9-17/h14H,4-13H2,1-3H3. The van der Waals surface area contributed by atoms with Gasteiger partial charge in [0.2, 0.25) is 0 Å². The molecule has 2 rings (SSSR count). The Hall–Kier alpha value is -0.250. The molecule has 2 aliphatic rings. The van der Waals surface area contributed by atoms with Crippen molar-refractivity contribution in [3.63, 3.8) is 0 Å². The maximum atomic E-state index is 12.6. The number of nitrogens with zero attached hydrogens (tertiary/aromatic N) is 4. The van der Waals surface area contributed by atoms with Crippen LogP contribution in [0.25, 0.3) is 0 Å². The fraction of sp³-hybridized carbons (Fsp3) is 1.00. The molecule has 0 saturated carbocycles. The van der Waals surface area contributed by atoms with Crippen molar-refractivity contribution < 1.29 is 13.2 Å². The SMILES string of the molecule is CC(C)OCCN1CCN(S(=O)(=O)N2CCN(C)CC2)CC1. The zero-order valence-corrected chi connectivity index (χ0v) is 14.9. The van der Waals surface area contributed by atoms with E-state index in [1.165, 1.54) is 0 Å². The first-order chi connectivity index (χ1) is 10.4. The molecule has 0 N–H and O–H groups in total. The van der Waals surface area contributed by atoms with Gasteiger partial charge in [-0.1, -0.05) is 0 Å². The third-order valence-corrected chi connectivity index (χ3v) is 6.34. The maximum Gasteiger partial charge on any atom is 0.282 e. The fourth-order valence-electron chi connectivity index (χ4n) is 2.78. The zero-order chi connectivity index (χ0) is 16.2. The van der Waals surface area contributed by atoms with Crippen molar-refractivity contribution in [1.29, 1.82) is 0 Å². The molecule has 2 aliphatic heterocycles. The highest BCUT2D eigenvalue weighted by Gasteiger charge is 2.33. The first-order valence-electron chi connectivity index (χ1n) is 8.17. The van der Waals surface area contributed by atoms with Gasteiger partial charge < -0.3 is 9.64 Å². The summed E-state index contributed by atoms with van der Waals surface area (Å²) in [5, 5.41) is 0. The average molecular weight is 334 g/mol. The maximum absolute atomic E-state index is 12.6. The van der Waals surface area contributed by atoms with Gasteiger partial charge in [-0.25, -0.2) is 0 Å². The number of piperazine rings is 2. The summed E-state index contributed by atoms with van der Waals surface area (Å²) in [5.41, 5.74) is 0. The van der Waals surface area contributed by atoms with Crippen LogP contribution in [0.3, 0.4) is 0 Å². The molecule has 8 heteroatoms. The number of likely N-dealkylation sites (N-methyl/N-ethyl adjacent to an activating group) is 1. The van der Waals surface area contributed by atoms with Gasteiger partial charge in [0.05, 0.1) is 12.7 Å². The third kappa shape index (κ3) is 4.87. The summed E-state index contributed by atoms with van der Waals surface area (Å²) >= 11 is 0. The van der Waals surface area contributed by atoms with Gasteiger partial charge in [0.15, 0.2) is 0 Å². The van der Waals surface area contributed by atoms with E-state index in [0.717, 1.165) is 32.7 Å².